The Kier molecular flexibility index (Phi) is 3.50. The first-order valence-corrected chi connectivity index (χ1v) is 6.28. The second-order valence-electron chi connectivity index (χ2n) is 4.88. The van der Waals surface area contributed by atoms with E-state index in [4.69, 9.17) is 0 Å². The highest BCUT2D eigenvalue weighted by Gasteiger charge is 2.27. The van der Waals surface area contributed by atoms with Crippen molar-refractivity contribution in [3.63, 3.8) is 0 Å². The van der Waals surface area contributed by atoms with E-state index in [0.29, 0.717) is 0 Å². The van der Waals surface area contributed by atoms with Crippen molar-refractivity contribution in [2.45, 2.75) is 32.7 Å². The molecular weight excluding hydrogens is 229 g/mol. The largest absolute Gasteiger partial charge is 0.336 e. The van der Waals surface area contributed by atoms with Crippen LogP contribution in [-0.4, -0.2) is 23.4 Å². The van der Waals surface area contributed by atoms with E-state index in [1.54, 1.807) is 17.0 Å². The van der Waals surface area contributed by atoms with Gasteiger partial charge < -0.3 is 4.90 Å². The number of carbonyl (C=O) groups is 1. The topological polar surface area (TPSA) is 20.3 Å². The van der Waals surface area contributed by atoms with Gasteiger partial charge in [0.1, 0.15) is 5.82 Å². The third-order valence-electron chi connectivity index (χ3n) is 3.62. The van der Waals surface area contributed by atoms with Crippen LogP contribution in [0.4, 0.5) is 4.39 Å². The van der Waals surface area contributed by atoms with Crippen molar-refractivity contribution in [1.29, 1.82) is 0 Å². The highest BCUT2D eigenvalue weighted by atomic mass is 19.1. The third kappa shape index (κ3) is 2.17. The lowest BCUT2D eigenvalue weighted by Gasteiger charge is -2.22. The molecule has 0 saturated carbocycles. The Morgan fingerprint density at radius 3 is 2.83 bits per heavy atom. The van der Waals surface area contributed by atoms with Crippen molar-refractivity contribution in [2.75, 3.05) is 6.54 Å². The number of aryl methyl sites for hydroxylation is 1. The number of hydrogen-bond donors (Lipinski definition) is 0. The van der Waals surface area contributed by atoms with Crippen LogP contribution in [0.5, 0.6) is 0 Å². The first kappa shape index (κ1) is 12.8. The number of likely N-dealkylation sites (tertiary alicyclic amines) is 1. The lowest BCUT2D eigenvalue weighted by Crippen LogP contribution is -2.34. The molecule has 1 heterocycles. The summed E-state index contributed by atoms with van der Waals surface area (Å²) >= 11 is 0. The molecular formula is C15H18FNO. The Hall–Kier alpha value is -1.64. The summed E-state index contributed by atoms with van der Waals surface area (Å²) < 4.78 is 13.9. The summed E-state index contributed by atoms with van der Waals surface area (Å²) in [5.74, 6) is -0.650. The molecule has 0 aromatic heterocycles. The van der Waals surface area contributed by atoms with Crippen molar-refractivity contribution in [1.82, 2.24) is 4.90 Å². The molecule has 1 aliphatic heterocycles. The molecule has 1 atom stereocenters. The van der Waals surface area contributed by atoms with Crippen LogP contribution in [0, 0.1) is 12.7 Å². The Morgan fingerprint density at radius 1 is 1.56 bits per heavy atom. The molecule has 1 aliphatic rings. The molecule has 0 radical (unpaired) electrons. The van der Waals surface area contributed by atoms with Crippen molar-refractivity contribution >= 4 is 12.0 Å². The number of halogens is 1. The highest BCUT2D eigenvalue weighted by Crippen LogP contribution is 2.23. The zero-order valence-corrected chi connectivity index (χ0v) is 10.9. The second kappa shape index (κ2) is 4.92. The van der Waals surface area contributed by atoms with Crippen LogP contribution in [0.15, 0.2) is 18.7 Å². The van der Waals surface area contributed by atoms with Gasteiger partial charge in [-0.2, -0.15) is 0 Å². The molecule has 1 aromatic rings. The van der Waals surface area contributed by atoms with Gasteiger partial charge >= 0.3 is 0 Å². The van der Waals surface area contributed by atoms with Gasteiger partial charge in [0.05, 0.1) is 5.56 Å². The molecule has 2 rings (SSSR count). The molecule has 0 bridgehead atoms. The van der Waals surface area contributed by atoms with Gasteiger partial charge in [0.15, 0.2) is 0 Å². The molecule has 0 N–H and O–H groups in total. The summed E-state index contributed by atoms with van der Waals surface area (Å²) in [6.07, 6.45) is 3.64. The van der Waals surface area contributed by atoms with Gasteiger partial charge in [0.25, 0.3) is 5.91 Å². The van der Waals surface area contributed by atoms with E-state index in [0.717, 1.165) is 30.5 Å². The number of carbonyl (C=O) groups excluding carboxylic acids is 1. The summed E-state index contributed by atoms with van der Waals surface area (Å²) in [4.78, 5) is 14.1. The van der Waals surface area contributed by atoms with Crippen molar-refractivity contribution < 1.29 is 9.18 Å². The van der Waals surface area contributed by atoms with Crippen LogP contribution in [0.3, 0.4) is 0 Å². The van der Waals surface area contributed by atoms with Gasteiger partial charge in [-0.05, 0) is 49.9 Å². The monoisotopic (exact) mass is 247 g/mol. The van der Waals surface area contributed by atoms with E-state index < -0.39 is 5.82 Å². The molecule has 1 fully saturated rings. The van der Waals surface area contributed by atoms with Gasteiger partial charge in [-0.3, -0.25) is 4.79 Å². The van der Waals surface area contributed by atoms with Crippen molar-refractivity contribution in [3.8, 4) is 0 Å². The van der Waals surface area contributed by atoms with Crippen LogP contribution in [-0.2, 0) is 0 Å². The van der Waals surface area contributed by atoms with Crippen LogP contribution in [0.25, 0.3) is 6.08 Å². The van der Waals surface area contributed by atoms with Crippen LogP contribution in [0.1, 0.15) is 41.3 Å². The van der Waals surface area contributed by atoms with Gasteiger partial charge in [-0.25, -0.2) is 4.39 Å². The summed E-state index contributed by atoms with van der Waals surface area (Å²) in [6, 6.07) is 3.21. The molecule has 2 nitrogen and oxygen atoms in total. The van der Waals surface area contributed by atoms with Gasteiger partial charge in [0.2, 0.25) is 0 Å². The fourth-order valence-electron chi connectivity index (χ4n) is 2.46. The van der Waals surface area contributed by atoms with Gasteiger partial charge in [0, 0.05) is 12.6 Å². The molecule has 0 spiro atoms. The molecule has 1 amide bonds. The van der Waals surface area contributed by atoms with Crippen molar-refractivity contribution in [3.05, 3.63) is 41.2 Å². The second-order valence-corrected chi connectivity index (χ2v) is 4.88. The average molecular weight is 247 g/mol. The van der Waals surface area contributed by atoms with Gasteiger partial charge in [-0.1, -0.05) is 12.7 Å². The van der Waals surface area contributed by atoms with E-state index in [9.17, 15) is 9.18 Å². The minimum Gasteiger partial charge on any atom is -0.336 e. The predicted molar refractivity (Wildman–Crippen MR) is 71.0 cm³/mol. The summed E-state index contributed by atoms with van der Waals surface area (Å²) in [7, 11) is 0. The number of amides is 1. The molecule has 0 aliphatic carbocycles. The molecule has 3 heteroatoms. The number of hydrogen-bond acceptors (Lipinski definition) is 1. The fourth-order valence-corrected chi connectivity index (χ4v) is 2.46. The highest BCUT2D eigenvalue weighted by molar-refractivity contribution is 5.95. The Bertz CT molecular complexity index is 496. The average Bonchev–Trinajstić information content (AvgIpc) is 2.75. The Labute approximate surface area is 107 Å². The quantitative estimate of drug-likeness (QED) is 0.784. The molecule has 18 heavy (non-hydrogen) atoms. The molecule has 96 valence electrons. The Morgan fingerprint density at radius 2 is 2.28 bits per heavy atom. The normalized spacial score (nSPS) is 19.1. The summed E-state index contributed by atoms with van der Waals surface area (Å²) in [5.41, 5.74) is 1.77. The maximum absolute atomic E-state index is 13.9. The molecule has 1 aromatic carbocycles. The third-order valence-corrected chi connectivity index (χ3v) is 3.62. The van der Waals surface area contributed by atoms with E-state index in [1.807, 2.05) is 13.8 Å². The first-order valence-electron chi connectivity index (χ1n) is 6.28. The van der Waals surface area contributed by atoms with Crippen LogP contribution < -0.4 is 0 Å². The van der Waals surface area contributed by atoms with Crippen molar-refractivity contribution in [2.24, 2.45) is 0 Å². The molecule has 1 unspecified atom stereocenters. The first-order chi connectivity index (χ1) is 8.54. The SMILES string of the molecule is C=Cc1cc(C(=O)N2CCCC2C)c(F)cc1C. The van der Waals surface area contributed by atoms with Crippen LogP contribution in [0.2, 0.25) is 0 Å². The smallest absolute Gasteiger partial charge is 0.257 e. The maximum Gasteiger partial charge on any atom is 0.257 e. The standard InChI is InChI=1S/C15H18FNO/c1-4-12-9-13(14(16)8-10(12)2)15(18)17-7-5-6-11(17)3/h4,8-9,11H,1,5-7H2,2-3H3. The minimum atomic E-state index is -0.442. The summed E-state index contributed by atoms with van der Waals surface area (Å²) in [5, 5.41) is 0. The van der Waals surface area contributed by atoms with E-state index in [-0.39, 0.29) is 17.5 Å². The number of rotatable bonds is 2. The molecule has 1 saturated heterocycles. The van der Waals surface area contributed by atoms with E-state index >= 15 is 0 Å². The fraction of sp³-hybridized carbons (Fsp3) is 0.400. The van der Waals surface area contributed by atoms with Gasteiger partial charge in [-0.15, -0.1) is 0 Å². The predicted octanol–water partition coefficient (Wildman–Crippen LogP) is 3.40. The zero-order valence-electron chi connectivity index (χ0n) is 10.9. The zero-order chi connectivity index (χ0) is 13.3. The number of nitrogens with zero attached hydrogens (tertiary/aromatic N) is 1. The maximum atomic E-state index is 13.9. The lowest BCUT2D eigenvalue weighted by molar-refractivity contribution is 0.0742. The number of benzene rings is 1. The minimum absolute atomic E-state index is 0.157. The lowest BCUT2D eigenvalue weighted by atomic mass is 10.0. The Balaban J connectivity index is 2.38. The van der Waals surface area contributed by atoms with Crippen LogP contribution >= 0.6 is 0 Å². The van der Waals surface area contributed by atoms with E-state index in [2.05, 4.69) is 6.58 Å². The summed E-state index contributed by atoms with van der Waals surface area (Å²) in [6.45, 7) is 8.22. The van der Waals surface area contributed by atoms with E-state index in [1.165, 1.54) is 6.07 Å².